The minimum absolute atomic E-state index is 0.351. The molecule has 0 saturated heterocycles. The molecule has 1 rings (SSSR count). The van der Waals surface area contributed by atoms with Gasteiger partial charge in [0.15, 0.2) is 5.11 Å². The van der Waals surface area contributed by atoms with E-state index in [0.717, 1.165) is 23.7 Å². The quantitative estimate of drug-likeness (QED) is 0.775. The zero-order valence-electron chi connectivity index (χ0n) is 10.1. The van der Waals surface area contributed by atoms with Crippen LogP contribution in [0.5, 0.6) is 0 Å². The van der Waals surface area contributed by atoms with E-state index >= 15 is 0 Å². The lowest BCUT2D eigenvalue weighted by Crippen LogP contribution is -2.43. The fourth-order valence-electron chi connectivity index (χ4n) is 1.41. The average molecular weight is 240 g/mol. The maximum atomic E-state index is 5.28. The van der Waals surface area contributed by atoms with Gasteiger partial charge in [-0.2, -0.15) is 0 Å². The summed E-state index contributed by atoms with van der Waals surface area (Å²) in [6.07, 6.45) is 3.65. The van der Waals surface area contributed by atoms with Crippen LogP contribution < -0.4 is 10.6 Å². The van der Waals surface area contributed by atoms with E-state index in [2.05, 4.69) is 31.4 Å². The van der Waals surface area contributed by atoms with E-state index in [0.29, 0.717) is 12.1 Å². The van der Waals surface area contributed by atoms with Crippen molar-refractivity contribution >= 4 is 17.3 Å². The molecule has 1 unspecified atom stereocenters. The largest absolute Gasteiger partial charge is 0.469 e. The third-order valence-corrected chi connectivity index (χ3v) is 2.44. The first-order valence-corrected chi connectivity index (χ1v) is 6.08. The van der Waals surface area contributed by atoms with Crippen molar-refractivity contribution in [2.75, 3.05) is 0 Å². The number of furan rings is 1. The molecule has 0 aliphatic heterocycles. The molecule has 16 heavy (non-hydrogen) atoms. The number of aryl methyl sites for hydroxylation is 1. The molecule has 0 spiro atoms. The number of hydrogen-bond acceptors (Lipinski definition) is 2. The predicted molar refractivity (Wildman–Crippen MR) is 70.5 cm³/mol. The first-order valence-electron chi connectivity index (χ1n) is 5.67. The van der Waals surface area contributed by atoms with Crippen molar-refractivity contribution in [3.63, 3.8) is 0 Å². The Labute approximate surface area is 103 Å². The number of rotatable bonds is 5. The summed E-state index contributed by atoms with van der Waals surface area (Å²) in [6.45, 7) is 6.26. The molecular weight excluding hydrogens is 220 g/mol. The highest BCUT2D eigenvalue weighted by Crippen LogP contribution is 2.05. The minimum atomic E-state index is 0.351. The number of thiocarbonyl (C=S) groups is 1. The highest BCUT2D eigenvalue weighted by atomic mass is 32.1. The molecule has 3 nitrogen and oxygen atoms in total. The van der Waals surface area contributed by atoms with E-state index in [-0.39, 0.29) is 0 Å². The molecule has 1 aromatic rings. The number of hydrogen-bond donors (Lipinski definition) is 2. The van der Waals surface area contributed by atoms with Gasteiger partial charge in [0.1, 0.15) is 5.76 Å². The van der Waals surface area contributed by atoms with Crippen molar-refractivity contribution in [2.45, 2.75) is 45.7 Å². The molecule has 2 N–H and O–H groups in total. The Bertz CT molecular complexity index is 309. The molecule has 0 aliphatic carbocycles. The van der Waals surface area contributed by atoms with Gasteiger partial charge in [-0.05, 0) is 51.5 Å². The Balaban J connectivity index is 2.20. The van der Waals surface area contributed by atoms with E-state index in [1.54, 1.807) is 6.26 Å². The molecule has 0 saturated carbocycles. The summed E-state index contributed by atoms with van der Waals surface area (Å²) in [5.41, 5.74) is 0. The molecule has 0 bridgehead atoms. The van der Waals surface area contributed by atoms with Crippen molar-refractivity contribution in [3.8, 4) is 0 Å². The van der Waals surface area contributed by atoms with E-state index < -0.39 is 0 Å². The van der Waals surface area contributed by atoms with Crippen LogP contribution in [0.4, 0.5) is 0 Å². The Hall–Kier alpha value is -1.03. The second kappa shape index (κ2) is 6.53. The average Bonchev–Trinajstić information content (AvgIpc) is 2.65. The topological polar surface area (TPSA) is 37.2 Å². The Morgan fingerprint density at radius 2 is 2.12 bits per heavy atom. The van der Waals surface area contributed by atoms with Gasteiger partial charge in [0.25, 0.3) is 0 Å². The van der Waals surface area contributed by atoms with Crippen LogP contribution in [0, 0.1) is 0 Å². The third kappa shape index (κ3) is 5.16. The van der Waals surface area contributed by atoms with Crippen LogP contribution >= 0.6 is 12.2 Å². The fraction of sp³-hybridized carbons (Fsp3) is 0.583. The lowest BCUT2D eigenvalue weighted by Gasteiger charge is -2.18. The van der Waals surface area contributed by atoms with E-state index in [4.69, 9.17) is 16.6 Å². The van der Waals surface area contributed by atoms with Gasteiger partial charge in [0, 0.05) is 18.5 Å². The molecule has 4 heteroatoms. The van der Waals surface area contributed by atoms with Crippen LogP contribution in [0.1, 0.15) is 33.0 Å². The SMILES string of the molecule is CC(C)NC(=S)NC(C)CCc1ccco1. The second-order valence-corrected chi connectivity index (χ2v) is 4.70. The Kier molecular flexibility index (Phi) is 5.32. The normalized spacial score (nSPS) is 12.5. The smallest absolute Gasteiger partial charge is 0.166 e. The second-order valence-electron chi connectivity index (χ2n) is 4.29. The van der Waals surface area contributed by atoms with E-state index in [1.807, 2.05) is 12.1 Å². The highest BCUT2D eigenvalue weighted by molar-refractivity contribution is 7.80. The molecule has 0 fully saturated rings. The van der Waals surface area contributed by atoms with Gasteiger partial charge in [0.05, 0.1) is 6.26 Å². The fourth-order valence-corrected chi connectivity index (χ4v) is 1.85. The van der Waals surface area contributed by atoms with Gasteiger partial charge in [-0.25, -0.2) is 0 Å². The van der Waals surface area contributed by atoms with Crippen LogP contribution in [-0.2, 0) is 6.42 Å². The molecule has 0 amide bonds. The summed E-state index contributed by atoms with van der Waals surface area (Å²) in [6, 6.07) is 4.64. The predicted octanol–water partition coefficient (Wildman–Crippen LogP) is 2.47. The molecule has 0 aliphatic rings. The summed E-state index contributed by atoms with van der Waals surface area (Å²) in [5, 5.41) is 7.14. The standard InChI is InChI=1S/C12H20N2OS/c1-9(2)13-12(16)14-10(3)6-7-11-5-4-8-15-11/h4-5,8-10H,6-7H2,1-3H3,(H2,13,14,16). The zero-order chi connectivity index (χ0) is 12.0. The van der Waals surface area contributed by atoms with Gasteiger partial charge in [-0.3, -0.25) is 0 Å². The molecule has 1 aromatic heterocycles. The Morgan fingerprint density at radius 1 is 1.38 bits per heavy atom. The first-order chi connectivity index (χ1) is 7.58. The Morgan fingerprint density at radius 3 is 2.69 bits per heavy atom. The number of nitrogens with one attached hydrogen (secondary N) is 2. The molecular formula is C12H20N2OS. The van der Waals surface area contributed by atoms with Crippen molar-refractivity contribution in [1.29, 1.82) is 0 Å². The molecule has 0 aromatic carbocycles. The molecule has 0 radical (unpaired) electrons. The monoisotopic (exact) mass is 240 g/mol. The van der Waals surface area contributed by atoms with E-state index in [1.165, 1.54) is 0 Å². The molecule has 1 atom stereocenters. The van der Waals surface area contributed by atoms with Gasteiger partial charge in [0.2, 0.25) is 0 Å². The maximum absolute atomic E-state index is 5.28. The van der Waals surface area contributed by atoms with Crippen LogP contribution in [0.3, 0.4) is 0 Å². The summed E-state index contributed by atoms with van der Waals surface area (Å²) >= 11 is 5.18. The van der Waals surface area contributed by atoms with Gasteiger partial charge >= 0.3 is 0 Å². The molecule has 90 valence electrons. The summed E-state index contributed by atoms with van der Waals surface area (Å²) < 4.78 is 5.28. The minimum Gasteiger partial charge on any atom is -0.469 e. The molecule has 1 heterocycles. The van der Waals surface area contributed by atoms with Gasteiger partial charge < -0.3 is 15.1 Å². The summed E-state index contributed by atoms with van der Waals surface area (Å²) in [7, 11) is 0. The summed E-state index contributed by atoms with van der Waals surface area (Å²) in [4.78, 5) is 0. The zero-order valence-corrected chi connectivity index (χ0v) is 10.9. The first kappa shape index (κ1) is 13.0. The lowest BCUT2D eigenvalue weighted by molar-refractivity contribution is 0.482. The lowest BCUT2D eigenvalue weighted by atomic mass is 10.1. The highest BCUT2D eigenvalue weighted by Gasteiger charge is 2.06. The van der Waals surface area contributed by atoms with Crippen molar-refractivity contribution in [3.05, 3.63) is 24.2 Å². The van der Waals surface area contributed by atoms with E-state index in [9.17, 15) is 0 Å². The van der Waals surface area contributed by atoms with Gasteiger partial charge in [-0.1, -0.05) is 0 Å². The van der Waals surface area contributed by atoms with Gasteiger partial charge in [-0.15, -0.1) is 0 Å². The summed E-state index contributed by atoms with van der Waals surface area (Å²) in [5.74, 6) is 1.02. The van der Waals surface area contributed by atoms with Crippen LogP contribution in [-0.4, -0.2) is 17.2 Å². The van der Waals surface area contributed by atoms with Crippen molar-refractivity contribution in [1.82, 2.24) is 10.6 Å². The van der Waals surface area contributed by atoms with Crippen LogP contribution in [0.2, 0.25) is 0 Å². The van der Waals surface area contributed by atoms with Crippen LogP contribution in [0.25, 0.3) is 0 Å². The maximum Gasteiger partial charge on any atom is 0.166 e. The van der Waals surface area contributed by atoms with Crippen molar-refractivity contribution < 1.29 is 4.42 Å². The third-order valence-electron chi connectivity index (χ3n) is 2.20. The van der Waals surface area contributed by atoms with Crippen molar-refractivity contribution in [2.24, 2.45) is 0 Å². The van der Waals surface area contributed by atoms with Crippen LogP contribution in [0.15, 0.2) is 22.8 Å².